The zero-order valence-electron chi connectivity index (χ0n) is 44.2. The molecule has 2 aliphatic heterocycles. The number of carbonyl (C=O) groups excluding carboxylic acids is 2. The van der Waals surface area contributed by atoms with Gasteiger partial charge in [0.05, 0.1) is 30.9 Å². The molecule has 2 saturated heterocycles. The van der Waals surface area contributed by atoms with Gasteiger partial charge in [0.2, 0.25) is 0 Å². The van der Waals surface area contributed by atoms with Crippen LogP contribution in [0.2, 0.25) is 0 Å². The predicted octanol–water partition coefficient (Wildman–Crippen LogP) is 6.87. The Kier molecular flexibility index (Phi) is 16.0. The fourth-order valence-corrected chi connectivity index (χ4v) is 20.6. The molecule has 10 fully saturated rings. The summed E-state index contributed by atoms with van der Waals surface area (Å²) in [6.07, 6.45) is 22.7. The first-order valence-electron chi connectivity index (χ1n) is 28.3. The summed E-state index contributed by atoms with van der Waals surface area (Å²) in [6.45, 7) is 14.6. The van der Waals surface area contributed by atoms with Crippen molar-refractivity contribution in [1.82, 2.24) is 18.4 Å². The highest BCUT2D eigenvalue weighted by Crippen LogP contribution is 2.66. The van der Waals surface area contributed by atoms with Gasteiger partial charge < -0.3 is 14.9 Å². The Balaban J connectivity index is 0.000000174. The molecule has 2 heterocycles. The van der Waals surface area contributed by atoms with E-state index in [-0.39, 0.29) is 22.7 Å². The molecule has 0 aromatic rings. The van der Waals surface area contributed by atoms with Gasteiger partial charge in [-0.05, 0) is 204 Å². The summed E-state index contributed by atoms with van der Waals surface area (Å²) < 4.78 is 47.5. The summed E-state index contributed by atoms with van der Waals surface area (Å²) in [5, 5.41) is 21.7. The first kappa shape index (κ1) is 53.8. The van der Waals surface area contributed by atoms with Crippen LogP contribution in [0.3, 0.4) is 0 Å². The van der Waals surface area contributed by atoms with Gasteiger partial charge in [0, 0.05) is 103 Å². The molecule has 10 rings (SSSR count). The van der Waals surface area contributed by atoms with Gasteiger partial charge in [0.1, 0.15) is 18.2 Å². The fraction of sp³-hybridized carbons (Fsp3) is 0.929. The van der Waals surface area contributed by atoms with Crippen molar-refractivity contribution in [2.75, 3.05) is 97.8 Å². The van der Waals surface area contributed by atoms with Crippen molar-refractivity contribution in [1.29, 1.82) is 0 Å². The summed E-state index contributed by atoms with van der Waals surface area (Å²) in [6, 6.07) is 0. The average molecular weight is 1020 g/mol. The van der Waals surface area contributed by atoms with Gasteiger partial charge in [-0.15, -0.1) is 0 Å². The van der Waals surface area contributed by atoms with Gasteiger partial charge in [0.15, 0.2) is 0 Å². The van der Waals surface area contributed by atoms with E-state index in [0.717, 1.165) is 121 Å². The highest BCUT2D eigenvalue weighted by molar-refractivity contribution is 7.97. The molecule has 10 aliphatic rings. The Bertz CT molecular complexity index is 2100. The lowest BCUT2D eigenvalue weighted by Gasteiger charge is -2.57. The highest BCUT2D eigenvalue weighted by Gasteiger charge is 2.61. The lowest BCUT2D eigenvalue weighted by molar-refractivity contribution is -0.138. The number of nitrogens with zero attached hydrogens (tertiary/aromatic N) is 4. The number of aliphatic hydroxyl groups is 2. The van der Waals surface area contributed by atoms with Gasteiger partial charge in [-0.25, -0.2) is 13.0 Å². The van der Waals surface area contributed by atoms with E-state index in [0.29, 0.717) is 92.1 Å². The van der Waals surface area contributed by atoms with Gasteiger partial charge in [-0.1, -0.05) is 13.8 Å². The third-order valence-corrected chi connectivity index (χ3v) is 25.2. The van der Waals surface area contributed by atoms with E-state index in [1.807, 2.05) is 15.5 Å². The molecule has 2 N–H and O–H groups in total. The topological polar surface area (TPSA) is 131 Å². The Morgan fingerprint density at radius 2 is 0.971 bits per heavy atom. The summed E-state index contributed by atoms with van der Waals surface area (Å²) in [4.78, 5) is 31.7. The second-order valence-electron chi connectivity index (χ2n) is 26.2. The minimum absolute atomic E-state index is 0.117. The molecule has 8 aliphatic carbocycles. The molecular formula is C56H95FN4O7S2. The number of alkyl halides is 1. The van der Waals surface area contributed by atoms with E-state index in [9.17, 15) is 32.6 Å². The van der Waals surface area contributed by atoms with Crippen LogP contribution in [0.4, 0.5) is 4.39 Å². The van der Waals surface area contributed by atoms with Crippen LogP contribution in [0.1, 0.15) is 136 Å². The maximum absolute atomic E-state index is 13.6. The molecule has 0 spiro atoms. The van der Waals surface area contributed by atoms with Crippen molar-refractivity contribution in [2.24, 2.45) is 81.8 Å². The van der Waals surface area contributed by atoms with E-state index in [1.54, 1.807) is 12.5 Å². The van der Waals surface area contributed by atoms with Crippen LogP contribution in [0.25, 0.3) is 0 Å². The van der Waals surface area contributed by atoms with Crippen LogP contribution in [0, 0.1) is 81.8 Å². The smallest absolute Gasteiger partial charge is 0.150 e. The Morgan fingerprint density at radius 3 is 1.37 bits per heavy atom. The first-order valence-corrected chi connectivity index (χ1v) is 32.5. The van der Waals surface area contributed by atoms with E-state index in [1.165, 1.54) is 51.4 Å². The number of carbonyl (C=O) groups is 2. The van der Waals surface area contributed by atoms with Crippen molar-refractivity contribution < 1.29 is 37.3 Å². The molecular weight excluding hydrogens is 924 g/mol. The standard InChI is InChI=1S/C29H50N2O4S.C27H45FN2O3S/c1-5-35-20-29(33)13-11-22-21(18-29)6-7-24-23(22)10-12-28(2)25(24)8-9-26(28)27(32)19-30-14-16-31(17-15-30)36(3,4)34;1-26-10-8-21-20-9-11-27(32,18-28)16-19(20)4-5-22(21)23(26)6-7-24(26)25(31)17-29-12-14-30(15-13-29)34(2,3)33/h21-26,33H,3,5-20H2,1-2,4H3;19-24,32H,2,4-18H2,1,3H3/t21-,22-,23+,24+,25-,26+,28-,29+,36?;19-,20+,21-,22-,23+,24-,26+,27-,34?/m01/s1. The molecule has 0 aromatic heterocycles. The quantitative estimate of drug-likeness (QED) is 0.201. The second-order valence-corrected chi connectivity index (χ2v) is 31.1. The van der Waals surface area contributed by atoms with Crippen LogP contribution in [-0.4, -0.2) is 169 Å². The molecule has 8 saturated carbocycles. The largest absolute Gasteiger partial charge is 0.387 e. The first-order chi connectivity index (χ1) is 33.1. The SMILES string of the molecule is C=S(C)(=O)N1CCN(CC(=O)[C@H]2CC[C@H]3[C@@H]4CC[C@@H]5C[C@@](O)(CF)CC[C@@H]5[C@H]4CC[C@]23C)CC1.C=S(C)(=O)N1CCN(CC(=O)[C@H]2CC[C@H]3[C@@H]4CC[C@H]5C[C@@](O)(COCC)CC[C@@H]5[C@H]4CC[C@]23C)CC1. The lowest BCUT2D eigenvalue weighted by atomic mass is 9.49. The third-order valence-electron chi connectivity index (χ3n) is 22.3. The maximum Gasteiger partial charge on any atom is 0.150 e. The zero-order valence-corrected chi connectivity index (χ0v) is 45.8. The summed E-state index contributed by atoms with van der Waals surface area (Å²) >= 11 is 0. The van der Waals surface area contributed by atoms with E-state index in [4.69, 9.17) is 4.74 Å². The zero-order chi connectivity index (χ0) is 50.0. The normalized spacial score (nSPS) is 46.3. The van der Waals surface area contributed by atoms with Gasteiger partial charge >= 0.3 is 0 Å². The van der Waals surface area contributed by atoms with Gasteiger partial charge in [-0.3, -0.25) is 27.8 Å². The number of halogens is 1. The number of rotatable bonds is 12. The van der Waals surface area contributed by atoms with Gasteiger partial charge in [-0.2, -0.15) is 0 Å². The molecule has 18 atom stereocenters. The van der Waals surface area contributed by atoms with Gasteiger partial charge in [0.25, 0.3) is 0 Å². The molecule has 11 nitrogen and oxygen atoms in total. The Labute approximate surface area is 423 Å². The lowest BCUT2D eigenvalue weighted by Crippen LogP contribution is -2.53. The summed E-state index contributed by atoms with van der Waals surface area (Å²) in [7, 11) is -4.31. The highest BCUT2D eigenvalue weighted by atomic mass is 32.2. The fourth-order valence-electron chi connectivity index (χ4n) is 18.7. The number of hydrogen-bond acceptors (Lipinski definition) is 9. The van der Waals surface area contributed by atoms with Crippen LogP contribution < -0.4 is 0 Å². The molecule has 70 heavy (non-hydrogen) atoms. The average Bonchev–Trinajstić information content (AvgIpc) is 3.87. The second kappa shape index (κ2) is 20.9. The minimum atomic E-state index is -2.16. The molecule has 0 aromatic carbocycles. The van der Waals surface area contributed by atoms with Crippen LogP contribution in [-0.2, 0) is 33.7 Å². The molecule has 0 bridgehead atoms. The van der Waals surface area contributed by atoms with Crippen LogP contribution in [0.5, 0.6) is 0 Å². The number of ketones is 2. The predicted molar refractivity (Wildman–Crippen MR) is 282 cm³/mol. The number of ether oxygens (including phenoxy) is 1. The Morgan fingerprint density at radius 1 is 0.571 bits per heavy atom. The summed E-state index contributed by atoms with van der Waals surface area (Å²) in [5.41, 5.74) is -1.42. The van der Waals surface area contributed by atoms with Crippen LogP contribution in [0.15, 0.2) is 0 Å². The van der Waals surface area contributed by atoms with Crippen LogP contribution >= 0.6 is 0 Å². The van der Waals surface area contributed by atoms with Crippen molar-refractivity contribution in [3.8, 4) is 0 Å². The molecule has 2 unspecified atom stereocenters. The van der Waals surface area contributed by atoms with E-state index in [2.05, 4.69) is 35.4 Å². The molecule has 0 radical (unpaired) electrons. The monoisotopic (exact) mass is 1020 g/mol. The number of hydrogen-bond donors (Lipinski definition) is 2. The minimum Gasteiger partial charge on any atom is -0.387 e. The molecule has 400 valence electrons. The number of Topliss-reactive ketones (excluding diaryl/α,β-unsaturated/α-hetero) is 2. The van der Waals surface area contributed by atoms with E-state index < -0.39 is 37.3 Å². The Hall–Kier alpha value is -0.970. The van der Waals surface area contributed by atoms with E-state index >= 15 is 0 Å². The maximum atomic E-state index is 13.6. The van der Waals surface area contributed by atoms with Crippen molar-refractivity contribution >= 4 is 42.7 Å². The molecule has 14 heteroatoms. The van der Waals surface area contributed by atoms with Crippen molar-refractivity contribution in [3.05, 3.63) is 0 Å². The number of fused-ring (bicyclic) bond motifs is 10. The van der Waals surface area contributed by atoms with Crippen molar-refractivity contribution in [3.63, 3.8) is 0 Å². The van der Waals surface area contributed by atoms with Crippen molar-refractivity contribution in [2.45, 2.75) is 148 Å². The molecule has 0 amide bonds. The number of piperazine rings is 2. The third kappa shape index (κ3) is 10.7. The summed E-state index contributed by atoms with van der Waals surface area (Å²) in [5.74, 6) is 15.7.